The van der Waals surface area contributed by atoms with Crippen molar-refractivity contribution in [1.82, 2.24) is 19.7 Å². The van der Waals surface area contributed by atoms with Crippen molar-refractivity contribution in [3.05, 3.63) is 40.7 Å². The van der Waals surface area contributed by atoms with Crippen LogP contribution in [0.25, 0.3) is 0 Å². The van der Waals surface area contributed by atoms with Gasteiger partial charge in [0.25, 0.3) is 0 Å². The molecule has 5 nitrogen and oxygen atoms in total. The molecule has 0 amide bonds. The molecule has 0 bridgehead atoms. The fourth-order valence-electron chi connectivity index (χ4n) is 1.58. The number of hydrogen-bond acceptors (Lipinski definition) is 4. The number of rotatable bonds is 3. The summed E-state index contributed by atoms with van der Waals surface area (Å²) in [6.07, 6.45) is 4.47. The molecule has 0 aromatic carbocycles. The van der Waals surface area contributed by atoms with Gasteiger partial charge in [-0.25, -0.2) is 4.98 Å². The first kappa shape index (κ1) is 12.7. The molecular formula is C12H13ClN4O. The second kappa shape index (κ2) is 4.86. The Labute approximate surface area is 110 Å². The topological polar surface area (TPSA) is 60.7 Å². The lowest BCUT2D eigenvalue weighted by atomic mass is 10.2. The summed E-state index contributed by atoms with van der Waals surface area (Å²) in [5.41, 5.74) is 1.38. The van der Waals surface area contributed by atoms with E-state index in [9.17, 15) is 4.79 Å². The highest BCUT2D eigenvalue weighted by Crippen LogP contribution is 2.21. The minimum absolute atomic E-state index is 0.0508. The minimum atomic E-state index is -0.265. The Kier molecular flexibility index (Phi) is 3.43. The molecule has 0 saturated heterocycles. The summed E-state index contributed by atoms with van der Waals surface area (Å²) in [6, 6.07) is 0.0508. The summed E-state index contributed by atoms with van der Waals surface area (Å²) in [5, 5.41) is 4.42. The smallest absolute Gasteiger partial charge is 0.232 e. The van der Waals surface area contributed by atoms with Crippen LogP contribution in [-0.2, 0) is 0 Å². The maximum absolute atomic E-state index is 12.3. The number of carbonyl (C=O) groups is 1. The van der Waals surface area contributed by atoms with Gasteiger partial charge in [-0.2, -0.15) is 5.10 Å². The van der Waals surface area contributed by atoms with Crippen LogP contribution in [0, 0.1) is 6.92 Å². The van der Waals surface area contributed by atoms with E-state index in [0.29, 0.717) is 10.7 Å². The standard InChI is InChI=1S/C12H13ClN4O/c1-7(2)17-11(9(13)5-16-17)12(18)10-6-14-8(3)4-15-10/h4-7H,1-3H3. The van der Waals surface area contributed by atoms with Crippen molar-refractivity contribution in [2.75, 3.05) is 0 Å². The molecule has 0 aliphatic carbocycles. The van der Waals surface area contributed by atoms with Crippen molar-refractivity contribution in [2.24, 2.45) is 0 Å². The Morgan fingerprint density at radius 1 is 1.28 bits per heavy atom. The van der Waals surface area contributed by atoms with Gasteiger partial charge in [-0.15, -0.1) is 0 Å². The van der Waals surface area contributed by atoms with Crippen molar-refractivity contribution < 1.29 is 4.79 Å². The Morgan fingerprint density at radius 3 is 2.56 bits per heavy atom. The van der Waals surface area contributed by atoms with Crippen LogP contribution in [0.4, 0.5) is 0 Å². The van der Waals surface area contributed by atoms with Crippen molar-refractivity contribution in [3.8, 4) is 0 Å². The fourth-order valence-corrected chi connectivity index (χ4v) is 1.79. The quantitative estimate of drug-likeness (QED) is 0.799. The largest absolute Gasteiger partial charge is 0.285 e. The summed E-state index contributed by atoms with van der Waals surface area (Å²) in [7, 11) is 0. The number of hydrogen-bond donors (Lipinski definition) is 0. The normalized spacial score (nSPS) is 10.9. The van der Waals surface area contributed by atoms with Gasteiger partial charge in [-0.1, -0.05) is 11.6 Å². The lowest BCUT2D eigenvalue weighted by Gasteiger charge is -2.10. The molecule has 18 heavy (non-hydrogen) atoms. The van der Waals surface area contributed by atoms with Crippen LogP contribution in [0.3, 0.4) is 0 Å². The summed E-state index contributed by atoms with van der Waals surface area (Å²) in [4.78, 5) is 20.4. The highest BCUT2D eigenvalue weighted by Gasteiger charge is 2.21. The predicted molar refractivity (Wildman–Crippen MR) is 67.8 cm³/mol. The lowest BCUT2D eigenvalue weighted by molar-refractivity contribution is 0.102. The average molecular weight is 265 g/mol. The third kappa shape index (κ3) is 2.26. The van der Waals surface area contributed by atoms with Gasteiger partial charge in [0.05, 0.1) is 23.1 Å². The molecule has 0 aliphatic rings. The Morgan fingerprint density at radius 2 is 2.00 bits per heavy atom. The molecule has 0 radical (unpaired) electrons. The van der Waals surface area contributed by atoms with Crippen LogP contribution in [0.1, 0.15) is 41.8 Å². The second-order valence-electron chi connectivity index (χ2n) is 4.25. The van der Waals surface area contributed by atoms with Crippen LogP contribution in [0.2, 0.25) is 5.02 Å². The molecule has 2 heterocycles. The Balaban J connectivity index is 2.45. The fraction of sp³-hybridized carbons (Fsp3) is 0.333. The minimum Gasteiger partial charge on any atom is -0.285 e. The average Bonchev–Trinajstić information content (AvgIpc) is 2.71. The van der Waals surface area contributed by atoms with Crippen molar-refractivity contribution in [1.29, 1.82) is 0 Å². The van der Waals surface area contributed by atoms with E-state index in [1.54, 1.807) is 10.9 Å². The SMILES string of the molecule is Cc1cnc(C(=O)c2c(Cl)cnn2C(C)C)cn1. The Bertz CT molecular complexity index is 574. The van der Waals surface area contributed by atoms with E-state index in [-0.39, 0.29) is 17.5 Å². The zero-order valence-corrected chi connectivity index (χ0v) is 11.1. The van der Waals surface area contributed by atoms with E-state index in [0.717, 1.165) is 5.69 Å². The zero-order chi connectivity index (χ0) is 13.3. The highest BCUT2D eigenvalue weighted by molar-refractivity contribution is 6.34. The first-order chi connectivity index (χ1) is 8.50. The molecule has 6 heteroatoms. The molecule has 94 valence electrons. The van der Waals surface area contributed by atoms with Crippen LogP contribution >= 0.6 is 11.6 Å². The van der Waals surface area contributed by atoms with Crippen LogP contribution in [0.5, 0.6) is 0 Å². The number of halogens is 1. The highest BCUT2D eigenvalue weighted by atomic mass is 35.5. The van der Waals surface area contributed by atoms with E-state index < -0.39 is 0 Å². The number of nitrogens with zero attached hydrogens (tertiary/aromatic N) is 4. The van der Waals surface area contributed by atoms with E-state index in [4.69, 9.17) is 11.6 Å². The molecule has 0 spiro atoms. The van der Waals surface area contributed by atoms with Gasteiger partial charge >= 0.3 is 0 Å². The van der Waals surface area contributed by atoms with Gasteiger partial charge in [-0.3, -0.25) is 14.5 Å². The molecule has 2 aromatic rings. The molecule has 0 N–H and O–H groups in total. The number of aromatic nitrogens is 4. The molecule has 0 fully saturated rings. The molecular weight excluding hydrogens is 252 g/mol. The third-order valence-corrected chi connectivity index (χ3v) is 2.75. The zero-order valence-electron chi connectivity index (χ0n) is 10.4. The molecule has 0 saturated carbocycles. The summed E-state index contributed by atoms with van der Waals surface area (Å²) < 4.78 is 1.59. The summed E-state index contributed by atoms with van der Waals surface area (Å²) in [5.74, 6) is -0.265. The predicted octanol–water partition coefficient (Wildman–Crippen LogP) is 2.45. The maximum Gasteiger partial charge on any atom is 0.232 e. The first-order valence-electron chi connectivity index (χ1n) is 5.57. The van der Waals surface area contributed by atoms with E-state index in [2.05, 4.69) is 15.1 Å². The van der Waals surface area contributed by atoms with Crippen molar-refractivity contribution in [2.45, 2.75) is 26.8 Å². The van der Waals surface area contributed by atoms with Gasteiger partial charge in [0.15, 0.2) is 0 Å². The van der Waals surface area contributed by atoms with Gasteiger partial charge in [0.2, 0.25) is 5.78 Å². The molecule has 2 rings (SSSR count). The third-order valence-electron chi connectivity index (χ3n) is 2.47. The van der Waals surface area contributed by atoms with Crippen molar-refractivity contribution >= 4 is 17.4 Å². The van der Waals surface area contributed by atoms with Crippen LogP contribution in [-0.4, -0.2) is 25.5 Å². The number of ketones is 1. The summed E-state index contributed by atoms with van der Waals surface area (Å²) in [6.45, 7) is 5.68. The maximum atomic E-state index is 12.3. The van der Waals surface area contributed by atoms with Crippen LogP contribution in [0.15, 0.2) is 18.6 Å². The molecule has 0 unspecified atom stereocenters. The second-order valence-corrected chi connectivity index (χ2v) is 4.66. The number of aryl methyl sites for hydroxylation is 1. The van der Waals surface area contributed by atoms with E-state index in [1.165, 1.54) is 12.4 Å². The number of carbonyl (C=O) groups excluding carboxylic acids is 1. The molecule has 2 aromatic heterocycles. The molecule has 0 aliphatic heterocycles. The Hall–Kier alpha value is -1.75. The monoisotopic (exact) mass is 264 g/mol. The van der Waals surface area contributed by atoms with Crippen LogP contribution < -0.4 is 0 Å². The van der Waals surface area contributed by atoms with Gasteiger partial charge < -0.3 is 0 Å². The first-order valence-corrected chi connectivity index (χ1v) is 5.95. The summed E-state index contributed by atoms with van der Waals surface area (Å²) >= 11 is 6.01. The van der Waals surface area contributed by atoms with E-state index >= 15 is 0 Å². The van der Waals surface area contributed by atoms with Gasteiger partial charge in [0.1, 0.15) is 11.4 Å². The van der Waals surface area contributed by atoms with Gasteiger partial charge in [-0.05, 0) is 20.8 Å². The molecule has 0 atom stereocenters. The van der Waals surface area contributed by atoms with Crippen molar-refractivity contribution in [3.63, 3.8) is 0 Å². The van der Waals surface area contributed by atoms with Gasteiger partial charge in [0, 0.05) is 12.2 Å². The lowest BCUT2D eigenvalue weighted by Crippen LogP contribution is -2.15. The van der Waals surface area contributed by atoms with E-state index in [1.807, 2.05) is 20.8 Å².